The summed E-state index contributed by atoms with van der Waals surface area (Å²) in [5, 5.41) is 6.88. The third kappa shape index (κ3) is 5.93. The number of amides is 1. The van der Waals surface area contributed by atoms with E-state index in [0.717, 1.165) is 23.1 Å². The summed E-state index contributed by atoms with van der Waals surface area (Å²) in [6, 6.07) is 25.2. The molecule has 0 bridgehead atoms. The molecule has 0 aliphatic carbocycles. The molecule has 3 aromatic carbocycles. The van der Waals surface area contributed by atoms with Gasteiger partial charge >= 0.3 is 0 Å². The number of halogens is 1. The molecule has 32 heavy (non-hydrogen) atoms. The fourth-order valence-electron chi connectivity index (χ4n) is 3.23. The Kier molecular flexibility index (Phi) is 7.10. The normalized spacial score (nSPS) is 10.5. The molecule has 0 unspecified atom stereocenters. The van der Waals surface area contributed by atoms with Crippen molar-refractivity contribution >= 4 is 23.5 Å². The molecular formula is C26H23ClN4O. The number of benzene rings is 3. The molecule has 0 aliphatic heterocycles. The summed E-state index contributed by atoms with van der Waals surface area (Å²) < 4.78 is 0. The molecular weight excluding hydrogens is 420 g/mol. The minimum Gasteiger partial charge on any atom is -0.352 e. The van der Waals surface area contributed by atoms with Crippen LogP contribution in [0.2, 0.25) is 5.02 Å². The van der Waals surface area contributed by atoms with E-state index in [9.17, 15) is 4.79 Å². The van der Waals surface area contributed by atoms with Crippen molar-refractivity contribution in [2.45, 2.75) is 13.0 Å². The van der Waals surface area contributed by atoms with Crippen LogP contribution in [0.3, 0.4) is 0 Å². The summed E-state index contributed by atoms with van der Waals surface area (Å²) in [7, 11) is 0. The van der Waals surface area contributed by atoms with Gasteiger partial charge in [-0.2, -0.15) is 0 Å². The van der Waals surface area contributed by atoms with Gasteiger partial charge in [-0.1, -0.05) is 66.2 Å². The number of nitrogens with one attached hydrogen (secondary N) is 2. The maximum Gasteiger partial charge on any atom is 0.251 e. The lowest BCUT2D eigenvalue weighted by molar-refractivity contribution is 0.0954. The first kappa shape index (κ1) is 21.5. The van der Waals surface area contributed by atoms with Crippen molar-refractivity contribution in [3.8, 4) is 11.1 Å². The number of anilines is 1. The van der Waals surface area contributed by atoms with E-state index in [4.69, 9.17) is 11.6 Å². The fraction of sp³-hybridized carbons (Fsp3) is 0.115. The Balaban J connectivity index is 1.29. The number of aromatic nitrogens is 2. The highest BCUT2D eigenvalue weighted by atomic mass is 35.5. The molecule has 0 atom stereocenters. The molecule has 0 fully saturated rings. The van der Waals surface area contributed by atoms with Crippen LogP contribution in [0, 0.1) is 0 Å². The first-order chi connectivity index (χ1) is 15.7. The van der Waals surface area contributed by atoms with Gasteiger partial charge in [-0.3, -0.25) is 4.79 Å². The van der Waals surface area contributed by atoms with Gasteiger partial charge in [-0.05, 0) is 47.4 Å². The van der Waals surface area contributed by atoms with E-state index in [2.05, 4.69) is 32.7 Å². The minimum absolute atomic E-state index is 0.0952. The maximum absolute atomic E-state index is 12.4. The van der Waals surface area contributed by atoms with Crippen LogP contribution in [-0.4, -0.2) is 22.4 Å². The highest BCUT2D eigenvalue weighted by Gasteiger charge is 2.07. The van der Waals surface area contributed by atoms with Crippen molar-refractivity contribution in [2.75, 3.05) is 11.9 Å². The van der Waals surface area contributed by atoms with E-state index in [1.54, 1.807) is 12.4 Å². The number of hydrogen-bond acceptors (Lipinski definition) is 4. The number of carbonyl (C=O) groups excluding carboxylic acids is 1. The van der Waals surface area contributed by atoms with Crippen LogP contribution in [0.25, 0.3) is 11.1 Å². The Labute approximate surface area is 192 Å². The van der Waals surface area contributed by atoms with Crippen LogP contribution in [0.4, 0.5) is 5.95 Å². The Morgan fingerprint density at radius 2 is 1.47 bits per heavy atom. The lowest BCUT2D eigenvalue weighted by atomic mass is 10.1. The third-order valence-electron chi connectivity index (χ3n) is 5.04. The average molecular weight is 443 g/mol. The highest BCUT2D eigenvalue weighted by Crippen LogP contribution is 2.19. The van der Waals surface area contributed by atoms with Gasteiger partial charge in [-0.15, -0.1) is 0 Å². The van der Waals surface area contributed by atoms with Crippen LogP contribution >= 0.6 is 11.6 Å². The van der Waals surface area contributed by atoms with E-state index < -0.39 is 0 Å². The van der Waals surface area contributed by atoms with Crippen molar-refractivity contribution in [1.29, 1.82) is 0 Å². The first-order valence-corrected chi connectivity index (χ1v) is 10.8. The number of hydrogen-bond donors (Lipinski definition) is 2. The van der Waals surface area contributed by atoms with Gasteiger partial charge in [0.2, 0.25) is 5.95 Å². The molecule has 0 radical (unpaired) electrons. The standard InChI is InChI=1S/C26H23ClN4O/c27-24-12-6-19(7-13-24)14-15-28-25(32)22-10-8-21(9-11-22)23-17-30-26(31-18-23)29-16-20-4-2-1-3-5-20/h1-13,17-18H,14-16H2,(H,28,32)(H,29,30,31). The number of carbonyl (C=O) groups is 1. The third-order valence-corrected chi connectivity index (χ3v) is 5.29. The predicted molar refractivity (Wildman–Crippen MR) is 129 cm³/mol. The monoisotopic (exact) mass is 442 g/mol. The van der Waals surface area contributed by atoms with E-state index in [1.165, 1.54) is 5.56 Å². The van der Waals surface area contributed by atoms with E-state index in [-0.39, 0.29) is 5.91 Å². The largest absolute Gasteiger partial charge is 0.352 e. The molecule has 0 aliphatic rings. The molecule has 5 nitrogen and oxygen atoms in total. The molecule has 0 saturated heterocycles. The number of rotatable bonds is 8. The molecule has 1 amide bonds. The maximum atomic E-state index is 12.4. The Bertz CT molecular complexity index is 1150. The topological polar surface area (TPSA) is 66.9 Å². The molecule has 4 rings (SSSR count). The zero-order chi connectivity index (χ0) is 22.2. The Morgan fingerprint density at radius 1 is 0.781 bits per heavy atom. The van der Waals surface area contributed by atoms with Crippen molar-refractivity contribution in [3.63, 3.8) is 0 Å². The number of nitrogens with zero attached hydrogens (tertiary/aromatic N) is 2. The van der Waals surface area contributed by atoms with Crippen LogP contribution in [0.5, 0.6) is 0 Å². The van der Waals surface area contributed by atoms with Crippen molar-refractivity contribution in [2.24, 2.45) is 0 Å². The average Bonchev–Trinajstić information content (AvgIpc) is 2.85. The first-order valence-electron chi connectivity index (χ1n) is 10.4. The molecule has 0 spiro atoms. The van der Waals surface area contributed by atoms with E-state index in [1.807, 2.05) is 66.7 Å². The van der Waals surface area contributed by atoms with Crippen LogP contribution in [0.1, 0.15) is 21.5 Å². The fourth-order valence-corrected chi connectivity index (χ4v) is 3.36. The summed E-state index contributed by atoms with van der Waals surface area (Å²) in [4.78, 5) is 21.2. The second-order valence-electron chi connectivity index (χ2n) is 7.34. The minimum atomic E-state index is -0.0952. The van der Waals surface area contributed by atoms with Crippen LogP contribution in [-0.2, 0) is 13.0 Å². The zero-order valence-electron chi connectivity index (χ0n) is 17.5. The van der Waals surface area contributed by atoms with Crippen LogP contribution in [0.15, 0.2) is 91.3 Å². The molecule has 160 valence electrons. The molecule has 1 aromatic heterocycles. The summed E-state index contributed by atoms with van der Waals surface area (Å²) in [6.07, 6.45) is 4.31. The SMILES string of the molecule is O=C(NCCc1ccc(Cl)cc1)c1ccc(-c2cnc(NCc3ccccc3)nc2)cc1. The lowest BCUT2D eigenvalue weighted by Gasteiger charge is -2.08. The molecule has 2 N–H and O–H groups in total. The van der Waals surface area contributed by atoms with E-state index >= 15 is 0 Å². The van der Waals surface area contributed by atoms with Crippen molar-refractivity contribution in [1.82, 2.24) is 15.3 Å². The quantitative estimate of drug-likeness (QED) is 0.384. The molecule has 4 aromatic rings. The van der Waals surface area contributed by atoms with Gasteiger partial charge in [-0.25, -0.2) is 9.97 Å². The molecule has 1 heterocycles. The summed E-state index contributed by atoms with van der Waals surface area (Å²) >= 11 is 5.90. The predicted octanol–water partition coefficient (Wildman–Crippen LogP) is 5.38. The second kappa shape index (κ2) is 10.6. The molecule has 0 saturated carbocycles. The lowest BCUT2D eigenvalue weighted by Crippen LogP contribution is -2.25. The summed E-state index contributed by atoms with van der Waals surface area (Å²) in [5.74, 6) is 0.483. The van der Waals surface area contributed by atoms with Gasteiger partial charge in [0.05, 0.1) is 0 Å². The Hall–Kier alpha value is -3.70. The van der Waals surface area contributed by atoms with Gasteiger partial charge < -0.3 is 10.6 Å². The van der Waals surface area contributed by atoms with Gasteiger partial charge in [0.1, 0.15) is 0 Å². The summed E-state index contributed by atoms with van der Waals surface area (Å²) in [5.41, 5.74) is 4.77. The summed E-state index contributed by atoms with van der Waals surface area (Å²) in [6.45, 7) is 1.23. The van der Waals surface area contributed by atoms with E-state index in [0.29, 0.717) is 29.6 Å². The van der Waals surface area contributed by atoms with Gasteiger partial charge in [0.25, 0.3) is 5.91 Å². The Morgan fingerprint density at radius 3 is 2.16 bits per heavy atom. The smallest absolute Gasteiger partial charge is 0.251 e. The highest BCUT2D eigenvalue weighted by molar-refractivity contribution is 6.30. The van der Waals surface area contributed by atoms with Gasteiger partial charge in [0.15, 0.2) is 0 Å². The van der Waals surface area contributed by atoms with Crippen molar-refractivity contribution < 1.29 is 4.79 Å². The van der Waals surface area contributed by atoms with Crippen LogP contribution < -0.4 is 10.6 Å². The molecule has 6 heteroatoms. The second-order valence-corrected chi connectivity index (χ2v) is 7.78. The van der Waals surface area contributed by atoms with Gasteiger partial charge in [0, 0.05) is 41.6 Å². The van der Waals surface area contributed by atoms with Crippen molar-refractivity contribution in [3.05, 3.63) is 113 Å². The zero-order valence-corrected chi connectivity index (χ0v) is 18.2.